The number of terminal acetylenes is 1. The van der Waals surface area contributed by atoms with Crippen LogP contribution in [-0.2, 0) is 5.88 Å². The zero-order valence-corrected chi connectivity index (χ0v) is 9.05. The third-order valence-corrected chi connectivity index (χ3v) is 2.21. The smallest absolute Gasteiger partial charge is 0.251 e. The molecule has 0 radical (unpaired) electrons. The summed E-state index contributed by atoms with van der Waals surface area (Å²) in [5.41, 5.74) is 1.55. The molecule has 0 spiro atoms. The van der Waals surface area contributed by atoms with Crippen molar-refractivity contribution < 1.29 is 4.79 Å². The summed E-state index contributed by atoms with van der Waals surface area (Å²) in [6, 6.07) is 7.22. The van der Waals surface area contributed by atoms with E-state index in [1.165, 1.54) is 0 Å². The van der Waals surface area contributed by atoms with E-state index in [4.69, 9.17) is 18.0 Å². The highest BCUT2D eigenvalue weighted by Crippen LogP contribution is 2.07. The lowest BCUT2D eigenvalue weighted by molar-refractivity contribution is 0.0954. The Morgan fingerprint density at radius 2 is 2.33 bits per heavy atom. The van der Waals surface area contributed by atoms with Gasteiger partial charge < -0.3 is 5.32 Å². The highest BCUT2D eigenvalue weighted by molar-refractivity contribution is 6.17. The van der Waals surface area contributed by atoms with Crippen LogP contribution in [0.25, 0.3) is 0 Å². The van der Waals surface area contributed by atoms with Gasteiger partial charge in [-0.15, -0.1) is 23.9 Å². The molecule has 0 saturated carbocycles. The fourth-order valence-corrected chi connectivity index (χ4v) is 1.31. The molecule has 0 heterocycles. The monoisotopic (exact) mass is 221 g/mol. The van der Waals surface area contributed by atoms with Crippen molar-refractivity contribution in [1.82, 2.24) is 5.32 Å². The second-order valence-corrected chi connectivity index (χ2v) is 3.31. The van der Waals surface area contributed by atoms with Gasteiger partial charge in [0.05, 0.1) is 0 Å². The number of alkyl halides is 1. The summed E-state index contributed by atoms with van der Waals surface area (Å²) in [7, 11) is 0. The lowest BCUT2D eigenvalue weighted by Crippen LogP contribution is -2.24. The van der Waals surface area contributed by atoms with Crippen LogP contribution in [0.15, 0.2) is 24.3 Å². The van der Waals surface area contributed by atoms with Crippen LogP contribution >= 0.6 is 11.6 Å². The first-order valence-corrected chi connectivity index (χ1v) is 5.18. The van der Waals surface area contributed by atoms with Crippen LogP contribution < -0.4 is 5.32 Å². The van der Waals surface area contributed by atoms with Crippen LogP contribution in [0.5, 0.6) is 0 Å². The first-order valence-electron chi connectivity index (χ1n) is 4.64. The average molecular weight is 222 g/mol. The summed E-state index contributed by atoms with van der Waals surface area (Å²) in [4.78, 5) is 11.6. The normalized spacial score (nSPS) is 9.33. The predicted molar refractivity (Wildman–Crippen MR) is 61.8 cm³/mol. The van der Waals surface area contributed by atoms with Crippen molar-refractivity contribution in [3.8, 4) is 12.3 Å². The molecule has 0 bridgehead atoms. The minimum atomic E-state index is -0.114. The van der Waals surface area contributed by atoms with Gasteiger partial charge in [0.25, 0.3) is 5.91 Å². The summed E-state index contributed by atoms with van der Waals surface area (Å²) < 4.78 is 0. The topological polar surface area (TPSA) is 29.1 Å². The van der Waals surface area contributed by atoms with Crippen LogP contribution in [0.1, 0.15) is 22.3 Å². The number of halogens is 1. The van der Waals surface area contributed by atoms with Crippen LogP contribution in [0.3, 0.4) is 0 Å². The molecule has 1 rings (SSSR count). The Labute approximate surface area is 94.6 Å². The summed E-state index contributed by atoms with van der Waals surface area (Å²) in [6.45, 7) is 0.500. The molecular weight excluding hydrogens is 210 g/mol. The fraction of sp³-hybridized carbons (Fsp3) is 0.250. The van der Waals surface area contributed by atoms with Crippen LogP contribution in [0, 0.1) is 12.3 Å². The van der Waals surface area contributed by atoms with Gasteiger partial charge in [-0.3, -0.25) is 4.79 Å². The summed E-state index contributed by atoms with van der Waals surface area (Å²) in [6.07, 6.45) is 5.62. The molecule has 1 aromatic rings. The minimum absolute atomic E-state index is 0.114. The molecule has 0 aliphatic rings. The molecule has 0 aromatic heterocycles. The molecule has 0 atom stereocenters. The number of rotatable bonds is 4. The maximum absolute atomic E-state index is 11.6. The van der Waals surface area contributed by atoms with E-state index in [1.54, 1.807) is 12.1 Å². The molecule has 2 nitrogen and oxygen atoms in total. The van der Waals surface area contributed by atoms with E-state index in [9.17, 15) is 4.79 Å². The van der Waals surface area contributed by atoms with E-state index >= 15 is 0 Å². The second-order valence-electron chi connectivity index (χ2n) is 3.04. The van der Waals surface area contributed by atoms with E-state index < -0.39 is 0 Å². The highest BCUT2D eigenvalue weighted by Gasteiger charge is 2.04. The molecular formula is C12H12ClNO. The molecule has 3 heteroatoms. The predicted octanol–water partition coefficient (Wildman–Crippen LogP) is 2.18. The van der Waals surface area contributed by atoms with Gasteiger partial charge in [-0.25, -0.2) is 0 Å². The number of carbonyl (C=O) groups is 1. The summed E-state index contributed by atoms with van der Waals surface area (Å²) in [5, 5.41) is 2.73. The molecule has 1 aromatic carbocycles. The van der Waals surface area contributed by atoms with Gasteiger partial charge in [-0.1, -0.05) is 12.1 Å². The average Bonchev–Trinajstić information content (AvgIpc) is 2.29. The van der Waals surface area contributed by atoms with Crippen molar-refractivity contribution in [2.75, 3.05) is 6.54 Å². The van der Waals surface area contributed by atoms with Gasteiger partial charge in [-0.2, -0.15) is 0 Å². The van der Waals surface area contributed by atoms with Crippen molar-refractivity contribution >= 4 is 17.5 Å². The van der Waals surface area contributed by atoms with Gasteiger partial charge >= 0.3 is 0 Å². The lowest BCUT2D eigenvalue weighted by Gasteiger charge is -2.04. The number of benzene rings is 1. The Morgan fingerprint density at radius 3 is 3.00 bits per heavy atom. The zero-order valence-electron chi connectivity index (χ0n) is 8.29. The van der Waals surface area contributed by atoms with Crippen molar-refractivity contribution in [3.63, 3.8) is 0 Å². The molecule has 15 heavy (non-hydrogen) atoms. The Bertz CT molecular complexity index is 381. The van der Waals surface area contributed by atoms with Crippen molar-refractivity contribution in [3.05, 3.63) is 35.4 Å². The highest BCUT2D eigenvalue weighted by atomic mass is 35.5. The molecule has 0 unspecified atom stereocenters. The Morgan fingerprint density at radius 1 is 1.53 bits per heavy atom. The van der Waals surface area contributed by atoms with E-state index in [-0.39, 0.29) is 5.91 Å². The first-order chi connectivity index (χ1) is 7.27. The SMILES string of the molecule is C#CCCNC(=O)c1cccc(CCl)c1. The van der Waals surface area contributed by atoms with Crippen molar-refractivity contribution in [1.29, 1.82) is 0 Å². The van der Waals surface area contributed by atoms with E-state index in [2.05, 4.69) is 11.2 Å². The standard InChI is InChI=1S/C12H12ClNO/c1-2-3-7-14-12(15)11-6-4-5-10(8-11)9-13/h1,4-6,8H,3,7,9H2,(H,14,15). The minimum Gasteiger partial charge on any atom is -0.351 e. The van der Waals surface area contributed by atoms with Gasteiger partial charge in [0.2, 0.25) is 0 Å². The van der Waals surface area contributed by atoms with E-state index in [0.717, 1.165) is 5.56 Å². The van der Waals surface area contributed by atoms with E-state index in [0.29, 0.717) is 24.4 Å². The number of carbonyl (C=O) groups excluding carboxylic acids is 1. The third-order valence-electron chi connectivity index (χ3n) is 1.90. The molecule has 0 saturated heterocycles. The fourth-order valence-electron chi connectivity index (χ4n) is 1.15. The molecule has 0 aliphatic carbocycles. The maximum Gasteiger partial charge on any atom is 0.251 e. The number of hydrogen-bond donors (Lipinski definition) is 1. The number of amides is 1. The summed E-state index contributed by atoms with van der Waals surface area (Å²) >= 11 is 5.67. The zero-order chi connectivity index (χ0) is 11.1. The summed E-state index contributed by atoms with van der Waals surface area (Å²) in [5.74, 6) is 2.76. The van der Waals surface area contributed by atoms with Gasteiger partial charge in [0, 0.05) is 24.4 Å². The Kier molecular flexibility index (Phi) is 4.73. The quantitative estimate of drug-likeness (QED) is 0.471. The first kappa shape index (κ1) is 11.6. The molecule has 1 N–H and O–H groups in total. The third kappa shape index (κ3) is 3.65. The molecule has 78 valence electrons. The largest absolute Gasteiger partial charge is 0.351 e. The molecule has 1 amide bonds. The van der Waals surface area contributed by atoms with Gasteiger partial charge in [0.1, 0.15) is 0 Å². The van der Waals surface area contributed by atoms with Crippen molar-refractivity contribution in [2.45, 2.75) is 12.3 Å². The van der Waals surface area contributed by atoms with Crippen molar-refractivity contribution in [2.24, 2.45) is 0 Å². The number of nitrogens with one attached hydrogen (secondary N) is 1. The van der Waals surface area contributed by atoms with Gasteiger partial charge in [0.15, 0.2) is 0 Å². The Hall–Kier alpha value is -1.46. The molecule has 0 fully saturated rings. The number of hydrogen-bond acceptors (Lipinski definition) is 1. The molecule has 0 aliphatic heterocycles. The van der Waals surface area contributed by atoms with E-state index in [1.807, 2.05) is 12.1 Å². The maximum atomic E-state index is 11.6. The van der Waals surface area contributed by atoms with Crippen LogP contribution in [0.2, 0.25) is 0 Å². The van der Waals surface area contributed by atoms with Crippen LogP contribution in [-0.4, -0.2) is 12.5 Å². The van der Waals surface area contributed by atoms with Crippen LogP contribution in [0.4, 0.5) is 0 Å². The lowest BCUT2D eigenvalue weighted by atomic mass is 10.1. The van der Waals surface area contributed by atoms with Gasteiger partial charge in [-0.05, 0) is 17.7 Å². The second kappa shape index (κ2) is 6.10. The Balaban J connectivity index is 2.61.